The van der Waals surface area contributed by atoms with Gasteiger partial charge in [-0.1, -0.05) is 38.3 Å². The van der Waals surface area contributed by atoms with E-state index in [2.05, 4.69) is 6.07 Å². The lowest BCUT2D eigenvalue weighted by atomic mass is 9.82. The first-order chi connectivity index (χ1) is 11.2. The minimum atomic E-state index is -0.288. The summed E-state index contributed by atoms with van der Waals surface area (Å²) in [5.74, 6) is 0.603. The molecular weight excluding hydrogens is 292 g/mol. The van der Waals surface area contributed by atoms with E-state index >= 15 is 0 Å². The van der Waals surface area contributed by atoms with Crippen molar-refractivity contribution in [2.45, 2.75) is 64.2 Å². The summed E-state index contributed by atoms with van der Waals surface area (Å²) in [5, 5.41) is 19.2. The summed E-state index contributed by atoms with van der Waals surface area (Å²) in [6.45, 7) is 1.96. The number of esters is 1. The molecule has 2 N–H and O–H groups in total. The Hall–Kier alpha value is -1.55. The Morgan fingerprint density at radius 3 is 2.65 bits per heavy atom. The Labute approximate surface area is 138 Å². The Morgan fingerprint density at radius 2 is 2.00 bits per heavy atom. The highest BCUT2D eigenvalue weighted by atomic mass is 16.5. The molecule has 128 valence electrons. The van der Waals surface area contributed by atoms with Crippen molar-refractivity contribution in [2.24, 2.45) is 0 Å². The maximum absolute atomic E-state index is 11.6. The van der Waals surface area contributed by atoms with Gasteiger partial charge >= 0.3 is 5.97 Å². The molecular formula is C19H28O4. The summed E-state index contributed by atoms with van der Waals surface area (Å²) in [7, 11) is 0. The molecule has 1 aromatic carbocycles. The van der Waals surface area contributed by atoms with E-state index in [1.165, 1.54) is 19.3 Å². The molecule has 0 saturated heterocycles. The van der Waals surface area contributed by atoms with E-state index in [1.807, 2.05) is 13.0 Å². The van der Waals surface area contributed by atoms with Crippen molar-refractivity contribution in [1.29, 1.82) is 0 Å². The lowest BCUT2D eigenvalue weighted by Gasteiger charge is -2.24. The molecule has 0 radical (unpaired) electrons. The topological polar surface area (TPSA) is 66.8 Å². The van der Waals surface area contributed by atoms with Crippen molar-refractivity contribution in [1.82, 2.24) is 0 Å². The number of benzene rings is 1. The first-order valence-corrected chi connectivity index (χ1v) is 8.76. The van der Waals surface area contributed by atoms with Crippen molar-refractivity contribution in [3.63, 3.8) is 0 Å². The van der Waals surface area contributed by atoms with Crippen LogP contribution in [0.5, 0.6) is 5.75 Å². The van der Waals surface area contributed by atoms with Crippen LogP contribution in [-0.4, -0.2) is 29.4 Å². The second kappa shape index (κ2) is 8.92. The number of aliphatic hydroxyl groups excluding tert-OH is 1. The average molecular weight is 320 g/mol. The number of hydrogen-bond donors (Lipinski definition) is 2. The molecule has 1 aromatic rings. The van der Waals surface area contributed by atoms with Crippen LogP contribution in [0, 0.1) is 0 Å². The van der Waals surface area contributed by atoms with Crippen molar-refractivity contribution in [3.05, 3.63) is 28.8 Å². The van der Waals surface area contributed by atoms with Gasteiger partial charge < -0.3 is 14.9 Å². The third-order valence-corrected chi connectivity index (χ3v) is 4.68. The Bertz CT molecular complexity index is 518. The number of ether oxygens (including phenoxy) is 1. The Balaban J connectivity index is 2.11. The van der Waals surface area contributed by atoms with Gasteiger partial charge in [-0.3, -0.25) is 4.79 Å². The summed E-state index contributed by atoms with van der Waals surface area (Å²) in [5.41, 5.74) is 3.11. The Morgan fingerprint density at radius 1 is 1.26 bits per heavy atom. The highest BCUT2D eigenvalue weighted by Crippen LogP contribution is 2.39. The average Bonchev–Trinajstić information content (AvgIpc) is 2.59. The van der Waals surface area contributed by atoms with Gasteiger partial charge in [0, 0.05) is 6.42 Å². The van der Waals surface area contributed by atoms with Crippen LogP contribution < -0.4 is 0 Å². The SMILES string of the molecule is CCc1cc(CCC(=O)OCCO)cc(C2CCCCC2)c1O. The number of aromatic hydroxyl groups is 1. The Kier molecular flexibility index (Phi) is 6.90. The van der Waals surface area contributed by atoms with Gasteiger partial charge in [-0.15, -0.1) is 0 Å². The molecule has 0 heterocycles. The zero-order valence-electron chi connectivity index (χ0n) is 14.0. The number of carbonyl (C=O) groups excluding carboxylic acids is 1. The van der Waals surface area contributed by atoms with Crippen LogP contribution in [0.1, 0.15) is 68.1 Å². The lowest BCUT2D eigenvalue weighted by molar-refractivity contribution is -0.144. The van der Waals surface area contributed by atoms with Gasteiger partial charge in [-0.25, -0.2) is 0 Å². The second-order valence-corrected chi connectivity index (χ2v) is 6.33. The van der Waals surface area contributed by atoms with Gasteiger partial charge in [0.2, 0.25) is 0 Å². The molecule has 1 aliphatic carbocycles. The predicted molar refractivity (Wildman–Crippen MR) is 89.7 cm³/mol. The largest absolute Gasteiger partial charge is 0.507 e. The van der Waals surface area contributed by atoms with Crippen LogP contribution in [0.4, 0.5) is 0 Å². The minimum absolute atomic E-state index is 0.0575. The van der Waals surface area contributed by atoms with Gasteiger partial charge in [0.1, 0.15) is 12.4 Å². The molecule has 0 spiro atoms. The van der Waals surface area contributed by atoms with E-state index in [-0.39, 0.29) is 19.2 Å². The summed E-state index contributed by atoms with van der Waals surface area (Å²) in [4.78, 5) is 11.6. The molecule has 0 aliphatic heterocycles. The highest BCUT2D eigenvalue weighted by molar-refractivity contribution is 5.69. The molecule has 0 atom stereocenters. The maximum atomic E-state index is 11.6. The predicted octanol–water partition coefficient (Wildman–Crippen LogP) is 3.47. The standard InChI is InChI=1S/C19H28O4/c1-2-15-12-14(8-9-18(21)23-11-10-20)13-17(19(15)22)16-6-4-3-5-7-16/h12-13,16,20,22H,2-11H2,1H3. The van der Waals surface area contributed by atoms with Crippen LogP contribution in [0.15, 0.2) is 12.1 Å². The monoisotopic (exact) mass is 320 g/mol. The molecule has 23 heavy (non-hydrogen) atoms. The van der Waals surface area contributed by atoms with Crippen molar-refractivity contribution >= 4 is 5.97 Å². The number of carbonyl (C=O) groups is 1. The van der Waals surface area contributed by atoms with E-state index in [9.17, 15) is 9.90 Å². The van der Waals surface area contributed by atoms with E-state index in [0.717, 1.165) is 36.0 Å². The first kappa shape index (κ1) is 17.8. The summed E-state index contributed by atoms with van der Waals surface area (Å²) < 4.78 is 4.90. The zero-order chi connectivity index (χ0) is 16.7. The number of rotatable bonds is 7. The van der Waals surface area contributed by atoms with Gasteiger partial charge in [0.15, 0.2) is 0 Å². The van der Waals surface area contributed by atoms with E-state index in [1.54, 1.807) is 0 Å². The minimum Gasteiger partial charge on any atom is -0.507 e. The molecule has 0 aromatic heterocycles. The van der Waals surface area contributed by atoms with Crippen LogP contribution in [0.2, 0.25) is 0 Å². The summed E-state index contributed by atoms with van der Waals surface area (Å²) >= 11 is 0. The van der Waals surface area contributed by atoms with Crippen LogP contribution in [-0.2, 0) is 22.4 Å². The van der Waals surface area contributed by atoms with Crippen LogP contribution in [0.25, 0.3) is 0 Å². The van der Waals surface area contributed by atoms with E-state index in [0.29, 0.717) is 24.5 Å². The van der Waals surface area contributed by atoms with Gasteiger partial charge in [0.05, 0.1) is 6.61 Å². The highest BCUT2D eigenvalue weighted by Gasteiger charge is 2.21. The zero-order valence-corrected chi connectivity index (χ0v) is 14.0. The molecule has 1 saturated carbocycles. The number of aliphatic hydroxyl groups is 1. The smallest absolute Gasteiger partial charge is 0.306 e. The molecule has 2 rings (SSSR count). The third kappa shape index (κ3) is 4.96. The van der Waals surface area contributed by atoms with Gasteiger partial charge in [-0.2, -0.15) is 0 Å². The number of aryl methyl sites for hydroxylation is 2. The number of phenolic OH excluding ortho intramolecular Hbond substituents is 1. The van der Waals surface area contributed by atoms with Crippen molar-refractivity contribution < 1.29 is 19.7 Å². The fraction of sp³-hybridized carbons (Fsp3) is 0.632. The molecule has 0 bridgehead atoms. The third-order valence-electron chi connectivity index (χ3n) is 4.68. The number of phenols is 1. The van der Waals surface area contributed by atoms with E-state index in [4.69, 9.17) is 9.84 Å². The van der Waals surface area contributed by atoms with Gasteiger partial charge in [-0.05, 0) is 48.3 Å². The van der Waals surface area contributed by atoms with Crippen LogP contribution >= 0.6 is 0 Å². The molecule has 0 unspecified atom stereocenters. The van der Waals surface area contributed by atoms with Crippen molar-refractivity contribution in [2.75, 3.05) is 13.2 Å². The molecule has 4 heteroatoms. The normalized spacial score (nSPS) is 15.6. The van der Waals surface area contributed by atoms with E-state index < -0.39 is 0 Å². The lowest BCUT2D eigenvalue weighted by Crippen LogP contribution is -2.10. The summed E-state index contributed by atoms with van der Waals surface area (Å²) in [6, 6.07) is 4.07. The first-order valence-electron chi connectivity index (χ1n) is 8.76. The molecule has 4 nitrogen and oxygen atoms in total. The van der Waals surface area contributed by atoms with Gasteiger partial charge in [0.25, 0.3) is 0 Å². The molecule has 1 fully saturated rings. The summed E-state index contributed by atoms with van der Waals surface area (Å²) in [6.07, 6.45) is 7.71. The quantitative estimate of drug-likeness (QED) is 0.755. The molecule has 0 amide bonds. The fourth-order valence-corrected chi connectivity index (χ4v) is 3.40. The maximum Gasteiger partial charge on any atom is 0.306 e. The van der Waals surface area contributed by atoms with Crippen molar-refractivity contribution in [3.8, 4) is 5.75 Å². The second-order valence-electron chi connectivity index (χ2n) is 6.33. The molecule has 1 aliphatic rings. The van der Waals surface area contributed by atoms with Crippen LogP contribution in [0.3, 0.4) is 0 Å². The number of hydrogen-bond acceptors (Lipinski definition) is 4. The fourth-order valence-electron chi connectivity index (χ4n) is 3.40.